The first-order valence-electron chi connectivity index (χ1n) is 12.2. The van der Waals surface area contributed by atoms with Crippen molar-refractivity contribution in [3.8, 4) is 22.3 Å². The molecule has 0 heteroatoms. The second kappa shape index (κ2) is 7.82. The van der Waals surface area contributed by atoms with Gasteiger partial charge in [0.2, 0.25) is 0 Å². The van der Waals surface area contributed by atoms with Crippen molar-refractivity contribution in [2.45, 2.75) is 6.92 Å². The summed E-state index contributed by atoms with van der Waals surface area (Å²) in [5, 5.41) is 10.3. The summed E-state index contributed by atoms with van der Waals surface area (Å²) in [7, 11) is 0. The van der Waals surface area contributed by atoms with E-state index in [2.05, 4.69) is 134 Å². The van der Waals surface area contributed by atoms with E-state index in [0.29, 0.717) is 0 Å². The highest BCUT2D eigenvalue weighted by Gasteiger charge is 2.16. The van der Waals surface area contributed by atoms with Gasteiger partial charge in [-0.2, -0.15) is 0 Å². The number of hydrogen-bond acceptors (Lipinski definition) is 0. The van der Waals surface area contributed by atoms with E-state index in [4.69, 9.17) is 0 Å². The van der Waals surface area contributed by atoms with E-state index in [1.807, 2.05) is 0 Å². The van der Waals surface area contributed by atoms with Crippen molar-refractivity contribution in [1.82, 2.24) is 0 Å². The van der Waals surface area contributed by atoms with E-state index < -0.39 is 0 Å². The molecule has 7 aromatic carbocycles. The molecule has 164 valence electrons. The molecule has 0 saturated heterocycles. The first-order chi connectivity index (χ1) is 17.3. The Hall–Kier alpha value is -4.42. The van der Waals surface area contributed by atoms with Crippen LogP contribution in [0.1, 0.15) is 5.56 Å². The highest BCUT2D eigenvalue weighted by molar-refractivity contribution is 6.18. The van der Waals surface area contributed by atoms with Crippen molar-refractivity contribution in [1.29, 1.82) is 0 Å². The molecule has 0 radical (unpaired) electrons. The molecule has 35 heavy (non-hydrogen) atoms. The van der Waals surface area contributed by atoms with Gasteiger partial charge < -0.3 is 0 Å². The van der Waals surface area contributed by atoms with E-state index in [1.54, 1.807) is 0 Å². The third-order valence-corrected chi connectivity index (χ3v) is 7.29. The Bertz CT molecular complexity index is 1910. The van der Waals surface area contributed by atoms with Crippen LogP contribution in [-0.4, -0.2) is 0 Å². The first kappa shape index (κ1) is 20.0. The van der Waals surface area contributed by atoms with Crippen molar-refractivity contribution < 1.29 is 0 Å². The van der Waals surface area contributed by atoms with Gasteiger partial charge in [0.1, 0.15) is 0 Å². The van der Waals surface area contributed by atoms with Crippen LogP contribution in [0.5, 0.6) is 0 Å². The first-order valence-corrected chi connectivity index (χ1v) is 12.2. The van der Waals surface area contributed by atoms with E-state index >= 15 is 0 Å². The van der Waals surface area contributed by atoms with Gasteiger partial charge in [0.05, 0.1) is 0 Å². The maximum atomic E-state index is 2.37. The highest BCUT2D eigenvalue weighted by Crippen LogP contribution is 2.43. The molecule has 0 aliphatic rings. The average molecular weight is 445 g/mol. The largest absolute Gasteiger partial charge is 0.0616 e. The fourth-order valence-corrected chi connectivity index (χ4v) is 5.67. The summed E-state index contributed by atoms with van der Waals surface area (Å²) < 4.78 is 0. The fraction of sp³-hybridized carbons (Fsp3) is 0.0286. The molecule has 0 unspecified atom stereocenters. The predicted molar refractivity (Wildman–Crippen MR) is 152 cm³/mol. The lowest BCUT2D eigenvalue weighted by molar-refractivity contribution is 1.47. The molecule has 0 aliphatic heterocycles. The summed E-state index contributed by atoms with van der Waals surface area (Å²) in [6.45, 7) is 2.19. The standard InChI is InChI=1S/C35H24/c1-23-18-19-32(34-21-24-10-2-4-12-26(24)28-14-6-8-16-30(28)34)33(20-23)35-22-25-11-3-5-13-27(25)29-15-7-9-17-31(29)35/h2-22H,1H3. The molecule has 0 saturated carbocycles. The predicted octanol–water partition coefficient (Wildman–Crippen LogP) is 9.94. The summed E-state index contributed by atoms with van der Waals surface area (Å²) in [5.74, 6) is 0. The van der Waals surface area contributed by atoms with Gasteiger partial charge in [-0.05, 0) is 84.4 Å². The topological polar surface area (TPSA) is 0 Å². The minimum Gasteiger partial charge on any atom is -0.0616 e. The number of rotatable bonds is 2. The molecule has 0 bridgehead atoms. The molecule has 7 aromatic rings. The molecule has 0 amide bonds. The summed E-state index contributed by atoms with van der Waals surface area (Å²) >= 11 is 0. The van der Waals surface area contributed by atoms with Crippen molar-refractivity contribution in [2.75, 3.05) is 0 Å². The maximum absolute atomic E-state index is 2.37. The molecular weight excluding hydrogens is 420 g/mol. The van der Waals surface area contributed by atoms with Crippen molar-refractivity contribution in [2.24, 2.45) is 0 Å². The van der Waals surface area contributed by atoms with Gasteiger partial charge in [0, 0.05) is 0 Å². The van der Waals surface area contributed by atoms with Crippen molar-refractivity contribution >= 4 is 43.1 Å². The summed E-state index contributed by atoms with van der Waals surface area (Å²) in [6.07, 6.45) is 0. The fourth-order valence-electron chi connectivity index (χ4n) is 5.67. The minimum absolute atomic E-state index is 1.27. The van der Waals surface area contributed by atoms with Crippen LogP contribution in [0.2, 0.25) is 0 Å². The Labute approximate surface area is 205 Å². The maximum Gasteiger partial charge on any atom is -0.00927 e. The summed E-state index contributed by atoms with van der Waals surface area (Å²) in [6, 6.07) is 46.7. The van der Waals surface area contributed by atoms with Crippen LogP contribution in [0.3, 0.4) is 0 Å². The lowest BCUT2D eigenvalue weighted by Crippen LogP contribution is -1.91. The number of benzene rings is 7. The highest BCUT2D eigenvalue weighted by atomic mass is 14.2. The van der Waals surface area contributed by atoms with E-state index in [0.717, 1.165) is 0 Å². The van der Waals surface area contributed by atoms with Crippen LogP contribution in [-0.2, 0) is 0 Å². The third kappa shape index (κ3) is 3.15. The van der Waals surface area contributed by atoms with E-state index in [1.165, 1.54) is 70.9 Å². The smallest absolute Gasteiger partial charge is 0.00927 e. The Morgan fingerprint density at radius 1 is 0.314 bits per heavy atom. The number of aryl methyl sites for hydroxylation is 1. The SMILES string of the molecule is Cc1ccc(-c2cc3ccccc3c3ccccc23)c(-c2cc3ccccc3c3ccccc23)c1. The molecule has 0 aromatic heterocycles. The van der Waals surface area contributed by atoms with Gasteiger partial charge in [0.25, 0.3) is 0 Å². The van der Waals surface area contributed by atoms with Gasteiger partial charge in [0.15, 0.2) is 0 Å². The zero-order chi connectivity index (χ0) is 23.4. The summed E-state index contributed by atoms with van der Waals surface area (Å²) in [5.41, 5.74) is 6.40. The zero-order valence-electron chi connectivity index (χ0n) is 19.6. The molecule has 0 heterocycles. The van der Waals surface area contributed by atoms with E-state index in [9.17, 15) is 0 Å². The van der Waals surface area contributed by atoms with Crippen LogP contribution in [0.25, 0.3) is 65.3 Å². The minimum atomic E-state index is 1.27. The lowest BCUT2D eigenvalue weighted by Gasteiger charge is -2.18. The Morgan fingerprint density at radius 3 is 1.29 bits per heavy atom. The molecule has 0 fully saturated rings. The monoisotopic (exact) mass is 444 g/mol. The normalized spacial score (nSPS) is 11.6. The van der Waals surface area contributed by atoms with Crippen LogP contribution in [0.4, 0.5) is 0 Å². The van der Waals surface area contributed by atoms with Gasteiger partial charge in [-0.1, -0.05) is 121 Å². The number of fused-ring (bicyclic) bond motifs is 6. The molecular formula is C35H24. The van der Waals surface area contributed by atoms with Gasteiger partial charge >= 0.3 is 0 Å². The lowest BCUT2D eigenvalue weighted by atomic mass is 9.86. The Kier molecular flexibility index (Phi) is 4.47. The molecule has 7 rings (SSSR count). The Morgan fingerprint density at radius 2 is 0.743 bits per heavy atom. The van der Waals surface area contributed by atoms with Gasteiger partial charge in [-0.3, -0.25) is 0 Å². The van der Waals surface area contributed by atoms with Crippen LogP contribution in [0.15, 0.2) is 127 Å². The van der Waals surface area contributed by atoms with Crippen molar-refractivity contribution in [3.05, 3.63) is 133 Å². The third-order valence-electron chi connectivity index (χ3n) is 7.29. The van der Waals surface area contributed by atoms with Gasteiger partial charge in [-0.15, -0.1) is 0 Å². The molecule has 0 aliphatic carbocycles. The van der Waals surface area contributed by atoms with Crippen LogP contribution < -0.4 is 0 Å². The van der Waals surface area contributed by atoms with Gasteiger partial charge in [-0.25, -0.2) is 0 Å². The zero-order valence-corrected chi connectivity index (χ0v) is 19.6. The Balaban J connectivity index is 1.62. The molecule has 0 nitrogen and oxygen atoms in total. The molecule has 0 atom stereocenters. The molecule has 0 N–H and O–H groups in total. The summed E-state index contributed by atoms with van der Waals surface area (Å²) in [4.78, 5) is 0. The van der Waals surface area contributed by atoms with Crippen molar-refractivity contribution in [3.63, 3.8) is 0 Å². The second-order valence-corrected chi connectivity index (χ2v) is 9.43. The van der Waals surface area contributed by atoms with E-state index in [-0.39, 0.29) is 0 Å². The second-order valence-electron chi connectivity index (χ2n) is 9.43. The quantitative estimate of drug-likeness (QED) is 0.233. The molecule has 0 spiro atoms. The van der Waals surface area contributed by atoms with Crippen LogP contribution in [0, 0.1) is 6.92 Å². The van der Waals surface area contributed by atoms with Crippen LogP contribution >= 0.6 is 0 Å². The number of hydrogen-bond donors (Lipinski definition) is 0. The average Bonchev–Trinajstić information content (AvgIpc) is 2.92.